The van der Waals surface area contributed by atoms with Crippen molar-refractivity contribution in [2.75, 3.05) is 0 Å². The lowest BCUT2D eigenvalue weighted by Gasteiger charge is -2.21. The molecule has 1 aromatic carbocycles. The zero-order valence-corrected chi connectivity index (χ0v) is 12.9. The van der Waals surface area contributed by atoms with Gasteiger partial charge in [0.15, 0.2) is 0 Å². The van der Waals surface area contributed by atoms with Crippen LogP contribution in [-0.2, 0) is 0 Å². The van der Waals surface area contributed by atoms with Crippen molar-refractivity contribution < 1.29 is 0 Å². The molecule has 0 amide bonds. The van der Waals surface area contributed by atoms with E-state index in [1.807, 2.05) is 0 Å². The predicted molar refractivity (Wildman–Crippen MR) is 77.6 cm³/mol. The summed E-state index contributed by atoms with van der Waals surface area (Å²) in [7, 11) is -1.19. The highest BCUT2D eigenvalue weighted by Gasteiger charge is 2.18. The van der Waals surface area contributed by atoms with E-state index in [1.54, 1.807) is 5.19 Å². The van der Waals surface area contributed by atoms with Gasteiger partial charge in [0.05, 0.1) is 8.07 Å². The van der Waals surface area contributed by atoms with Crippen LogP contribution in [0.2, 0.25) is 19.6 Å². The molecule has 0 spiro atoms. The first kappa shape index (κ1) is 13.5. The predicted octanol–water partition coefficient (Wildman–Crippen LogP) is 4.48. The maximum Gasteiger partial charge on any atom is 0.0776 e. The molecule has 0 aliphatic heterocycles. The van der Waals surface area contributed by atoms with Gasteiger partial charge in [0.25, 0.3) is 0 Å². The highest BCUT2D eigenvalue weighted by atomic mass is 28.3. The first-order valence-corrected chi connectivity index (χ1v) is 9.87. The fourth-order valence-corrected chi connectivity index (χ4v) is 2.98. The molecule has 1 heteroatoms. The van der Waals surface area contributed by atoms with E-state index < -0.39 is 8.07 Å². The van der Waals surface area contributed by atoms with E-state index in [9.17, 15) is 0 Å². The first-order chi connectivity index (χ1) is 7.21. The molecule has 0 unspecified atom stereocenters. The summed E-state index contributed by atoms with van der Waals surface area (Å²) in [5.41, 5.74) is 3.01. The van der Waals surface area contributed by atoms with Crippen LogP contribution in [0.4, 0.5) is 0 Å². The van der Waals surface area contributed by atoms with E-state index in [-0.39, 0.29) is 0 Å². The summed E-state index contributed by atoms with van der Waals surface area (Å²) < 4.78 is 0. The average molecular weight is 234 g/mol. The Balaban J connectivity index is 3.30. The average Bonchev–Trinajstić information content (AvgIpc) is 2.15. The third kappa shape index (κ3) is 3.21. The van der Waals surface area contributed by atoms with Crippen molar-refractivity contribution in [3.63, 3.8) is 0 Å². The number of benzene rings is 1. The Morgan fingerprint density at radius 2 is 1.12 bits per heavy atom. The van der Waals surface area contributed by atoms with Crippen molar-refractivity contribution in [2.24, 2.45) is 0 Å². The van der Waals surface area contributed by atoms with Crippen LogP contribution in [0.5, 0.6) is 0 Å². The number of rotatable bonds is 3. The van der Waals surface area contributed by atoms with Crippen LogP contribution in [0.1, 0.15) is 50.7 Å². The Bertz CT molecular complexity index is 330. The van der Waals surface area contributed by atoms with Gasteiger partial charge < -0.3 is 0 Å². The van der Waals surface area contributed by atoms with E-state index in [2.05, 4.69) is 65.5 Å². The van der Waals surface area contributed by atoms with Crippen LogP contribution in [0.15, 0.2) is 18.2 Å². The smallest absolute Gasteiger partial charge is 0.0656 e. The molecular formula is C15H26Si. The first-order valence-electron chi connectivity index (χ1n) is 6.37. The third-order valence-electron chi connectivity index (χ3n) is 3.18. The summed E-state index contributed by atoms with van der Waals surface area (Å²) in [5.74, 6) is 1.27. The summed E-state index contributed by atoms with van der Waals surface area (Å²) in [6.45, 7) is 16.4. The molecule has 0 atom stereocenters. The molecule has 0 radical (unpaired) electrons. The summed E-state index contributed by atoms with van der Waals surface area (Å²) in [5, 5.41) is 1.60. The second-order valence-corrected chi connectivity index (χ2v) is 11.5. The van der Waals surface area contributed by atoms with Crippen molar-refractivity contribution in [2.45, 2.75) is 59.2 Å². The minimum atomic E-state index is -1.19. The highest BCUT2D eigenvalue weighted by Crippen LogP contribution is 2.21. The second kappa shape index (κ2) is 4.75. The Kier molecular flexibility index (Phi) is 4.00. The molecule has 0 aliphatic rings. The SMILES string of the molecule is CC(C)c1cc(C(C)C)cc([Si](C)(C)C)c1. The minimum absolute atomic E-state index is 0.633. The Hall–Kier alpha value is -0.563. The maximum atomic E-state index is 2.43. The van der Waals surface area contributed by atoms with Crippen LogP contribution in [0.3, 0.4) is 0 Å². The minimum Gasteiger partial charge on any atom is -0.0656 e. The molecule has 0 bridgehead atoms. The van der Waals surface area contributed by atoms with E-state index in [4.69, 9.17) is 0 Å². The van der Waals surface area contributed by atoms with E-state index >= 15 is 0 Å². The standard InChI is InChI=1S/C15H26Si/c1-11(2)13-8-14(12(3)4)10-15(9-13)16(5,6)7/h8-12H,1-7H3. The summed E-state index contributed by atoms with van der Waals surface area (Å²) in [6.07, 6.45) is 0. The third-order valence-corrected chi connectivity index (χ3v) is 5.20. The van der Waals surface area contributed by atoms with Crippen molar-refractivity contribution >= 4 is 13.3 Å². The largest absolute Gasteiger partial charge is 0.0776 e. The second-order valence-electron chi connectivity index (χ2n) is 6.45. The van der Waals surface area contributed by atoms with Crippen LogP contribution in [0.25, 0.3) is 0 Å². The zero-order chi connectivity index (χ0) is 12.5. The van der Waals surface area contributed by atoms with Gasteiger partial charge in [-0.05, 0) is 23.0 Å². The zero-order valence-electron chi connectivity index (χ0n) is 11.9. The molecule has 0 saturated carbocycles. The van der Waals surface area contributed by atoms with Crippen LogP contribution in [-0.4, -0.2) is 8.07 Å². The Morgan fingerprint density at radius 3 is 1.38 bits per heavy atom. The lowest BCUT2D eigenvalue weighted by Crippen LogP contribution is -2.38. The molecule has 0 fully saturated rings. The van der Waals surface area contributed by atoms with Gasteiger partial charge in [-0.2, -0.15) is 0 Å². The van der Waals surface area contributed by atoms with Gasteiger partial charge in [-0.3, -0.25) is 0 Å². The Morgan fingerprint density at radius 1 is 0.750 bits per heavy atom. The van der Waals surface area contributed by atoms with Gasteiger partial charge in [0, 0.05) is 0 Å². The quantitative estimate of drug-likeness (QED) is 0.677. The lowest BCUT2D eigenvalue weighted by molar-refractivity contribution is 0.835. The van der Waals surface area contributed by atoms with Crippen LogP contribution < -0.4 is 5.19 Å². The lowest BCUT2D eigenvalue weighted by atomic mass is 9.96. The highest BCUT2D eigenvalue weighted by molar-refractivity contribution is 6.88. The monoisotopic (exact) mass is 234 g/mol. The summed E-state index contributed by atoms with van der Waals surface area (Å²) in [4.78, 5) is 0. The maximum absolute atomic E-state index is 2.43. The fraction of sp³-hybridized carbons (Fsp3) is 0.600. The molecule has 1 rings (SSSR count). The molecule has 16 heavy (non-hydrogen) atoms. The molecule has 0 aliphatic carbocycles. The molecule has 0 N–H and O–H groups in total. The normalized spacial score (nSPS) is 12.6. The van der Waals surface area contributed by atoms with Crippen molar-refractivity contribution in [3.8, 4) is 0 Å². The van der Waals surface area contributed by atoms with Crippen molar-refractivity contribution in [1.82, 2.24) is 0 Å². The van der Waals surface area contributed by atoms with E-state index in [0.717, 1.165) is 0 Å². The molecule has 1 aromatic rings. The molecular weight excluding hydrogens is 208 g/mol. The van der Waals surface area contributed by atoms with Gasteiger partial charge >= 0.3 is 0 Å². The fourth-order valence-electron chi connectivity index (χ4n) is 1.78. The van der Waals surface area contributed by atoms with Gasteiger partial charge in [-0.15, -0.1) is 0 Å². The molecule has 0 aromatic heterocycles. The van der Waals surface area contributed by atoms with Crippen molar-refractivity contribution in [1.29, 1.82) is 0 Å². The van der Waals surface area contributed by atoms with Gasteiger partial charge in [-0.1, -0.05) is 70.7 Å². The van der Waals surface area contributed by atoms with Crippen LogP contribution in [0, 0.1) is 0 Å². The van der Waals surface area contributed by atoms with Gasteiger partial charge in [-0.25, -0.2) is 0 Å². The number of hydrogen-bond donors (Lipinski definition) is 0. The summed E-state index contributed by atoms with van der Waals surface area (Å²) in [6, 6.07) is 7.25. The Labute approximate surface area is 102 Å². The van der Waals surface area contributed by atoms with E-state index in [0.29, 0.717) is 11.8 Å². The molecule has 0 heterocycles. The van der Waals surface area contributed by atoms with Gasteiger partial charge in [0.1, 0.15) is 0 Å². The molecule has 0 nitrogen and oxygen atoms in total. The van der Waals surface area contributed by atoms with Crippen molar-refractivity contribution in [3.05, 3.63) is 29.3 Å². The van der Waals surface area contributed by atoms with Crippen LogP contribution >= 0.6 is 0 Å². The van der Waals surface area contributed by atoms with E-state index in [1.165, 1.54) is 11.1 Å². The number of hydrogen-bond acceptors (Lipinski definition) is 0. The topological polar surface area (TPSA) is 0 Å². The summed E-state index contributed by atoms with van der Waals surface area (Å²) >= 11 is 0. The van der Waals surface area contributed by atoms with Gasteiger partial charge in [0.2, 0.25) is 0 Å². The molecule has 0 saturated heterocycles. The molecule has 90 valence electrons.